The Hall–Kier alpha value is -1.58. The summed E-state index contributed by atoms with van der Waals surface area (Å²) in [5.41, 5.74) is 0.142. The Morgan fingerprint density at radius 1 is 1.64 bits per heavy atom. The fourth-order valence-electron chi connectivity index (χ4n) is 0.713. The summed E-state index contributed by atoms with van der Waals surface area (Å²) in [5.74, 6) is -1.21. The Labute approximate surface area is 63.2 Å². The number of carbonyl (C=O) groups is 2. The third-order valence-electron chi connectivity index (χ3n) is 1.26. The maximum Gasteiger partial charge on any atom is 0.335 e. The molecule has 0 saturated heterocycles. The number of carboxylic acid groups (broad SMARTS) is 1. The van der Waals surface area contributed by atoms with Crippen LogP contribution in [0.2, 0.25) is 0 Å². The first-order valence-corrected chi connectivity index (χ1v) is 3.09. The maximum absolute atomic E-state index is 10.7. The molecule has 0 bridgehead atoms. The van der Waals surface area contributed by atoms with E-state index in [1.807, 2.05) is 0 Å². The van der Waals surface area contributed by atoms with Gasteiger partial charge >= 0.3 is 5.97 Å². The van der Waals surface area contributed by atoms with E-state index in [0.717, 1.165) is 0 Å². The number of nitrogens with one attached hydrogen (secondary N) is 1. The Balaban J connectivity index is 2.80. The van der Waals surface area contributed by atoms with Crippen molar-refractivity contribution in [3.05, 3.63) is 23.9 Å². The Morgan fingerprint density at radius 3 is 3.00 bits per heavy atom. The molecule has 0 unspecified atom stereocenters. The highest BCUT2D eigenvalue weighted by Gasteiger charge is 2.07. The molecule has 0 aliphatic carbocycles. The van der Waals surface area contributed by atoms with Gasteiger partial charge in [0, 0.05) is 12.6 Å². The molecule has 4 nitrogen and oxygen atoms in total. The molecule has 11 heavy (non-hydrogen) atoms. The highest BCUT2D eigenvalue weighted by Crippen LogP contribution is 2.01. The molecule has 0 radical (unpaired) electrons. The quantitative estimate of drug-likeness (QED) is 0.558. The van der Waals surface area contributed by atoms with Gasteiger partial charge in [0.05, 0.1) is 5.57 Å². The average Bonchev–Trinajstić information content (AvgIpc) is 2.13. The molecule has 0 aromatic heterocycles. The molecule has 2 N–H and O–H groups in total. The monoisotopic (exact) mass is 153 g/mol. The van der Waals surface area contributed by atoms with Crippen LogP contribution in [0, 0.1) is 0 Å². The summed E-state index contributed by atoms with van der Waals surface area (Å²) in [6.07, 6.45) is 4.18. The second-order valence-corrected chi connectivity index (χ2v) is 2.07. The summed E-state index contributed by atoms with van der Waals surface area (Å²) in [7, 11) is 0. The molecular formula is C7H7NO3. The van der Waals surface area contributed by atoms with Crippen LogP contribution in [0.1, 0.15) is 6.42 Å². The van der Waals surface area contributed by atoms with Gasteiger partial charge in [0.25, 0.3) is 0 Å². The Bertz CT molecular complexity index is 252. The van der Waals surface area contributed by atoms with E-state index in [0.29, 0.717) is 0 Å². The van der Waals surface area contributed by atoms with Crippen molar-refractivity contribution >= 4 is 11.9 Å². The van der Waals surface area contributed by atoms with Crippen molar-refractivity contribution in [3.8, 4) is 0 Å². The molecule has 4 heteroatoms. The van der Waals surface area contributed by atoms with Gasteiger partial charge in [-0.2, -0.15) is 0 Å². The number of amides is 1. The molecule has 0 fully saturated rings. The molecule has 0 saturated carbocycles. The first-order chi connectivity index (χ1) is 5.20. The lowest BCUT2D eigenvalue weighted by Crippen LogP contribution is -2.13. The van der Waals surface area contributed by atoms with Crippen LogP contribution in [-0.4, -0.2) is 17.0 Å². The second-order valence-electron chi connectivity index (χ2n) is 2.07. The molecule has 0 aromatic rings. The number of hydrogen-bond donors (Lipinski definition) is 2. The summed E-state index contributed by atoms with van der Waals surface area (Å²) >= 11 is 0. The normalized spacial score (nSPS) is 16.7. The fourth-order valence-corrected chi connectivity index (χ4v) is 0.713. The molecule has 0 aromatic carbocycles. The summed E-state index contributed by atoms with van der Waals surface area (Å²) in [6.45, 7) is 0. The topological polar surface area (TPSA) is 66.4 Å². The number of carboxylic acids is 1. The number of carbonyl (C=O) groups excluding carboxylic acids is 1. The Morgan fingerprint density at radius 2 is 2.36 bits per heavy atom. The van der Waals surface area contributed by atoms with Crippen molar-refractivity contribution in [3.63, 3.8) is 0 Å². The van der Waals surface area contributed by atoms with Crippen LogP contribution < -0.4 is 5.32 Å². The zero-order valence-corrected chi connectivity index (χ0v) is 5.70. The van der Waals surface area contributed by atoms with E-state index in [1.165, 1.54) is 18.4 Å². The minimum Gasteiger partial charge on any atom is -0.478 e. The predicted molar refractivity (Wildman–Crippen MR) is 37.6 cm³/mol. The van der Waals surface area contributed by atoms with E-state index in [9.17, 15) is 9.59 Å². The van der Waals surface area contributed by atoms with E-state index in [4.69, 9.17) is 5.11 Å². The van der Waals surface area contributed by atoms with Crippen LogP contribution in [0.3, 0.4) is 0 Å². The van der Waals surface area contributed by atoms with Gasteiger partial charge in [0.2, 0.25) is 5.91 Å². The van der Waals surface area contributed by atoms with Crippen LogP contribution in [0.4, 0.5) is 0 Å². The molecule has 0 atom stereocenters. The van der Waals surface area contributed by atoms with Gasteiger partial charge in [-0.15, -0.1) is 0 Å². The summed E-state index contributed by atoms with van der Waals surface area (Å²) in [5, 5.41) is 10.9. The van der Waals surface area contributed by atoms with E-state index in [2.05, 4.69) is 5.32 Å². The van der Waals surface area contributed by atoms with Crippen LogP contribution in [-0.2, 0) is 9.59 Å². The largest absolute Gasteiger partial charge is 0.478 e. The second kappa shape index (κ2) is 3.01. The molecule has 1 aliphatic rings. The summed E-state index contributed by atoms with van der Waals surface area (Å²) in [4.78, 5) is 21.0. The first kappa shape index (κ1) is 7.53. The minimum absolute atomic E-state index is 0.120. The maximum atomic E-state index is 10.7. The van der Waals surface area contributed by atoms with Gasteiger partial charge in [-0.05, 0) is 6.08 Å². The van der Waals surface area contributed by atoms with E-state index >= 15 is 0 Å². The predicted octanol–water partition coefficient (Wildman–Crippen LogP) is 0.0310. The van der Waals surface area contributed by atoms with Crippen LogP contribution in [0.5, 0.6) is 0 Å². The van der Waals surface area contributed by atoms with Crippen LogP contribution >= 0.6 is 0 Å². The SMILES string of the molecule is O=C1CC=C(C(=O)O)C=CN1. The summed E-state index contributed by atoms with van der Waals surface area (Å²) < 4.78 is 0. The van der Waals surface area contributed by atoms with Crippen molar-refractivity contribution in [2.75, 3.05) is 0 Å². The van der Waals surface area contributed by atoms with E-state index in [-0.39, 0.29) is 17.9 Å². The van der Waals surface area contributed by atoms with Gasteiger partial charge in [0.1, 0.15) is 0 Å². The lowest BCUT2D eigenvalue weighted by molar-refractivity contribution is -0.132. The third kappa shape index (κ3) is 1.93. The lowest BCUT2D eigenvalue weighted by Gasteiger charge is -1.89. The number of aliphatic carboxylic acids is 1. The summed E-state index contributed by atoms with van der Waals surface area (Å²) in [6, 6.07) is 0. The number of rotatable bonds is 1. The molecule has 1 amide bonds. The van der Waals surface area contributed by atoms with Crippen molar-refractivity contribution in [1.29, 1.82) is 0 Å². The highest BCUT2D eigenvalue weighted by molar-refractivity contribution is 5.92. The highest BCUT2D eigenvalue weighted by atomic mass is 16.4. The molecule has 58 valence electrons. The van der Waals surface area contributed by atoms with Crippen molar-refractivity contribution < 1.29 is 14.7 Å². The first-order valence-electron chi connectivity index (χ1n) is 3.09. The van der Waals surface area contributed by atoms with Crippen LogP contribution in [0.15, 0.2) is 23.9 Å². The zero-order valence-electron chi connectivity index (χ0n) is 5.70. The van der Waals surface area contributed by atoms with Gasteiger partial charge < -0.3 is 10.4 Å². The molecular weight excluding hydrogens is 146 g/mol. The standard InChI is InChI=1S/C7H7NO3/c9-6-2-1-5(7(10)11)3-4-8-6/h1,3-4H,2H2,(H,8,9)(H,10,11). The van der Waals surface area contributed by atoms with Crippen molar-refractivity contribution in [1.82, 2.24) is 5.32 Å². The Kier molecular flexibility index (Phi) is 2.06. The van der Waals surface area contributed by atoms with E-state index in [1.54, 1.807) is 0 Å². The number of hydrogen-bond acceptors (Lipinski definition) is 2. The average molecular weight is 153 g/mol. The molecule has 1 heterocycles. The zero-order chi connectivity index (χ0) is 8.27. The van der Waals surface area contributed by atoms with Crippen LogP contribution in [0.25, 0.3) is 0 Å². The molecule has 0 spiro atoms. The molecule has 1 rings (SSSR count). The molecule has 1 aliphatic heterocycles. The fraction of sp³-hybridized carbons (Fsp3) is 0.143. The van der Waals surface area contributed by atoms with Gasteiger partial charge in [-0.25, -0.2) is 4.79 Å². The van der Waals surface area contributed by atoms with Crippen molar-refractivity contribution in [2.24, 2.45) is 0 Å². The van der Waals surface area contributed by atoms with E-state index < -0.39 is 5.97 Å². The van der Waals surface area contributed by atoms with Gasteiger partial charge in [-0.3, -0.25) is 4.79 Å². The minimum atomic E-state index is -1.02. The van der Waals surface area contributed by atoms with Gasteiger partial charge in [-0.1, -0.05) is 6.08 Å². The van der Waals surface area contributed by atoms with Crippen molar-refractivity contribution in [2.45, 2.75) is 6.42 Å². The lowest BCUT2D eigenvalue weighted by atomic mass is 10.2. The third-order valence-corrected chi connectivity index (χ3v) is 1.26. The smallest absolute Gasteiger partial charge is 0.335 e. The van der Waals surface area contributed by atoms with Gasteiger partial charge in [0.15, 0.2) is 0 Å².